The maximum absolute atomic E-state index is 13.0. The Labute approximate surface area is 202 Å². The molecule has 176 valence electrons. The Morgan fingerprint density at radius 2 is 1.68 bits per heavy atom. The topological polar surface area (TPSA) is 45.5 Å². The zero-order valence-corrected chi connectivity index (χ0v) is 19.7. The average molecular weight is 455 g/mol. The minimum atomic E-state index is 0.195. The first-order valence-electron chi connectivity index (χ1n) is 12.5. The van der Waals surface area contributed by atoms with E-state index in [1.54, 1.807) is 6.26 Å². The van der Waals surface area contributed by atoms with Gasteiger partial charge in [0.1, 0.15) is 5.76 Å². The van der Waals surface area contributed by atoms with E-state index in [9.17, 15) is 4.79 Å². The fourth-order valence-corrected chi connectivity index (χ4v) is 5.52. The predicted octanol–water partition coefficient (Wildman–Crippen LogP) is 5.73. The Kier molecular flexibility index (Phi) is 6.96. The van der Waals surface area contributed by atoms with Gasteiger partial charge in [0.05, 0.1) is 6.26 Å². The van der Waals surface area contributed by atoms with E-state index in [4.69, 9.17) is 4.42 Å². The molecule has 2 fully saturated rings. The van der Waals surface area contributed by atoms with E-state index in [1.807, 2.05) is 18.2 Å². The molecule has 0 radical (unpaired) electrons. The highest BCUT2D eigenvalue weighted by atomic mass is 16.3. The largest absolute Gasteiger partial charge is 0.465 e. The average Bonchev–Trinajstić information content (AvgIpc) is 3.32. The van der Waals surface area contributed by atoms with Gasteiger partial charge in [0.2, 0.25) is 5.91 Å². The van der Waals surface area contributed by atoms with Crippen molar-refractivity contribution in [1.29, 1.82) is 0 Å². The summed E-state index contributed by atoms with van der Waals surface area (Å²) in [5.74, 6) is 1.65. The lowest BCUT2D eigenvalue weighted by atomic mass is 9.88. The molecule has 1 saturated carbocycles. The van der Waals surface area contributed by atoms with Crippen LogP contribution < -0.4 is 5.32 Å². The Morgan fingerprint density at radius 1 is 1.00 bits per heavy atom. The summed E-state index contributed by atoms with van der Waals surface area (Å²) in [6, 6.07) is 25.1. The van der Waals surface area contributed by atoms with Crippen LogP contribution >= 0.6 is 0 Å². The van der Waals surface area contributed by atoms with Crippen molar-refractivity contribution in [3.8, 4) is 0 Å². The van der Waals surface area contributed by atoms with Crippen molar-refractivity contribution in [3.63, 3.8) is 0 Å². The third-order valence-electron chi connectivity index (χ3n) is 7.68. The molecule has 0 unspecified atom stereocenters. The number of rotatable bonds is 9. The molecule has 2 aliphatic rings. The number of hydrogen-bond acceptors (Lipinski definition) is 3. The molecule has 5 rings (SSSR count). The van der Waals surface area contributed by atoms with Gasteiger partial charge in [0, 0.05) is 24.9 Å². The van der Waals surface area contributed by atoms with E-state index in [0.717, 1.165) is 51.1 Å². The second-order valence-electron chi connectivity index (χ2n) is 9.79. The standard InChI is InChI=1S/C30H34N2O2/c33-29(31-18-15-27(24-9-3-1-4-10-24)25-11-5-2-6-12-25)28-23-30(28)16-20-32(21-17-30)19-7-13-26-14-8-22-34-26/h1-14,22,27-28H,15-21,23H2,(H,31,33)/b13-7+/t28-/m0/s1. The van der Waals surface area contributed by atoms with Crippen LogP contribution in [-0.2, 0) is 4.79 Å². The molecule has 0 bridgehead atoms. The molecule has 3 aromatic rings. The normalized spacial score (nSPS) is 19.6. The smallest absolute Gasteiger partial charge is 0.223 e. The minimum absolute atomic E-state index is 0.195. The van der Waals surface area contributed by atoms with Gasteiger partial charge in [-0.1, -0.05) is 66.7 Å². The van der Waals surface area contributed by atoms with Crippen molar-refractivity contribution < 1.29 is 9.21 Å². The first kappa shape index (κ1) is 22.7. The van der Waals surface area contributed by atoms with Crippen LogP contribution in [0.4, 0.5) is 0 Å². The Balaban J connectivity index is 1.09. The summed E-state index contributed by atoms with van der Waals surface area (Å²) < 4.78 is 5.35. The number of furan rings is 1. The molecule has 1 aromatic heterocycles. The molecular weight excluding hydrogens is 420 g/mol. The minimum Gasteiger partial charge on any atom is -0.465 e. The second-order valence-corrected chi connectivity index (χ2v) is 9.79. The van der Waals surface area contributed by atoms with Crippen LogP contribution in [0.15, 0.2) is 89.6 Å². The third kappa shape index (κ3) is 5.34. The quantitative estimate of drug-likeness (QED) is 0.449. The summed E-state index contributed by atoms with van der Waals surface area (Å²) in [4.78, 5) is 15.4. The SMILES string of the molecule is O=C(NCCC(c1ccccc1)c1ccccc1)[C@@H]1CC12CCN(C/C=C/c1ccco1)CC2. The molecule has 2 heterocycles. The first-order valence-corrected chi connectivity index (χ1v) is 12.5. The van der Waals surface area contributed by atoms with Crippen LogP contribution in [0.25, 0.3) is 6.08 Å². The molecule has 4 nitrogen and oxygen atoms in total. The van der Waals surface area contributed by atoms with Gasteiger partial charge in [0.15, 0.2) is 0 Å². The lowest BCUT2D eigenvalue weighted by molar-refractivity contribution is -0.123. The number of nitrogens with zero attached hydrogens (tertiary/aromatic N) is 1. The van der Waals surface area contributed by atoms with Gasteiger partial charge in [0.25, 0.3) is 0 Å². The lowest BCUT2D eigenvalue weighted by Gasteiger charge is -2.32. The highest BCUT2D eigenvalue weighted by molar-refractivity contribution is 5.82. The maximum Gasteiger partial charge on any atom is 0.223 e. The van der Waals surface area contributed by atoms with E-state index < -0.39 is 0 Å². The molecule has 34 heavy (non-hydrogen) atoms. The highest BCUT2D eigenvalue weighted by Crippen LogP contribution is 2.59. The number of nitrogens with one attached hydrogen (secondary N) is 1. The molecule has 1 atom stereocenters. The van der Waals surface area contributed by atoms with Crippen LogP contribution in [0.1, 0.15) is 48.5 Å². The van der Waals surface area contributed by atoms with Crippen molar-refractivity contribution in [2.45, 2.75) is 31.6 Å². The fraction of sp³-hybridized carbons (Fsp3) is 0.367. The molecule has 1 aliphatic heterocycles. The molecular formula is C30H34N2O2. The van der Waals surface area contributed by atoms with Crippen molar-refractivity contribution in [1.82, 2.24) is 10.2 Å². The van der Waals surface area contributed by atoms with Crippen molar-refractivity contribution in [2.24, 2.45) is 11.3 Å². The van der Waals surface area contributed by atoms with Gasteiger partial charge >= 0.3 is 0 Å². The molecule has 2 aromatic carbocycles. The van der Waals surface area contributed by atoms with E-state index in [2.05, 4.69) is 77.0 Å². The van der Waals surface area contributed by atoms with Gasteiger partial charge < -0.3 is 9.73 Å². The van der Waals surface area contributed by atoms with Crippen molar-refractivity contribution >= 4 is 12.0 Å². The Hall–Kier alpha value is -3.11. The summed E-state index contributed by atoms with van der Waals surface area (Å²) in [6.45, 7) is 3.78. The fourth-order valence-electron chi connectivity index (χ4n) is 5.52. The zero-order valence-electron chi connectivity index (χ0n) is 19.7. The van der Waals surface area contributed by atoms with Crippen LogP contribution in [0.2, 0.25) is 0 Å². The molecule has 1 amide bonds. The number of hydrogen-bond donors (Lipinski definition) is 1. The number of carbonyl (C=O) groups is 1. The van der Waals surface area contributed by atoms with Gasteiger partial charge in [-0.2, -0.15) is 0 Å². The third-order valence-corrected chi connectivity index (χ3v) is 7.68. The van der Waals surface area contributed by atoms with Crippen molar-refractivity contribution in [2.75, 3.05) is 26.2 Å². The summed E-state index contributed by atoms with van der Waals surface area (Å²) in [7, 11) is 0. The highest BCUT2D eigenvalue weighted by Gasteiger charge is 2.58. The lowest BCUT2D eigenvalue weighted by Crippen LogP contribution is -2.37. The second kappa shape index (κ2) is 10.4. The van der Waals surface area contributed by atoms with Crippen LogP contribution in [-0.4, -0.2) is 37.0 Å². The van der Waals surface area contributed by atoms with E-state index in [1.165, 1.54) is 11.1 Å². The van der Waals surface area contributed by atoms with Crippen LogP contribution in [0.3, 0.4) is 0 Å². The number of benzene rings is 2. The van der Waals surface area contributed by atoms with Crippen LogP contribution in [0, 0.1) is 11.3 Å². The van der Waals surface area contributed by atoms with Gasteiger partial charge in [-0.25, -0.2) is 0 Å². The molecule has 1 spiro atoms. The van der Waals surface area contributed by atoms with E-state index in [-0.39, 0.29) is 17.2 Å². The number of carbonyl (C=O) groups excluding carboxylic acids is 1. The van der Waals surface area contributed by atoms with Gasteiger partial charge in [-0.05, 0) is 73.5 Å². The molecule has 1 N–H and O–H groups in total. The molecule has 1 saturated heterocycles. The van der Waals surface area contributed by atoms with E-state index >= 15 is 0 Å². The summed E-state index contributed by atoms with van der Waals surface area (Å²) in [5.41, 5.74) is 2.85. The monoisotopic (exact) mass is 454 g/mol. The van der Waals surface area contributed by atoms with Gasteiger partial charge in [-0.15, -0.1) is 0 Å². The number of amides is 1. The van der Waals surface area contributed by atoms with Gasteiger partial charge in [-0.3, -0.25) is 9.69 Å². The summed E-state index contributed by atoms with van der Waals surface area (Å²) in [5, 5.41) is 3.27. The summed E-state index contributed by atoms with van der Waals surface area (Å²) in [6.07, 6.45) is 10.1. The Morgan fingerprint density at radius 3 is 2.29 bits per heavy atom. The number of piperidine rings is 1. The van der Waals surface area contributed by atoms with Crippen molar-refractivity contribution in [3.05, 3.63) is 102 Å². The number of likely N-dealkylation sites (tertiary alicyclic amines) is 1. The molecule has 1 aliphatic carbocycles. The predicted molar refractivity (Wildman–Crippen MR) is 136 cm³/mol. The van der Waals surface area contributed by atoms with Crippen LogP contribution in [0.5, 0.6) is 0 Å². The zero-order chi connectivity index (χ0) is 23.2. The first-order chi connectivity index (χ1) is 16.7. The Bertz CT molecular complexity index is 1030. The summed E-state index contributed by atoms with van der Waals surface area (Å²) >= 11 is 0. The maximum atomic E-state index is 13.0. The molecule has 4 heteroatoms. The van der Waals surface area contributed by atoms with E-state index in [0.29, 0.717) is 12.5 Å².